The highest BCUT2D eigenvalue weighted by Gasteiger charge is 2.50. The smallest absolute Gasteiger partial charge is 0.264 e. The predicted molar refractivity (Wildman–Crippen MR) is 98.0 cm³/mol. The Morgan fingerprint density at radius 3 is 2.52 bits per heavy atom. The molecular formula is C20H20ClNO3. The number of nitrogens with zero attached hydrogens (tertiary/aromatic N) is 1. The topological polar surface area (TPSA) is 57.6 Å². The number of hydrogen-bond acceptors (Lipinski definition) is 3. The molecule has 4 nitrogen and oxygen atoms in total. The Kier molecular flexibility index (Phi) is 4.93. The summed E-state index contributed by atoms with van der Waals surface area (Å²) in [4.78, 5) is 27.1. The molecule has 0 aliphatic carbocycles. The minimum absolute atomic E-state index is 0.285. The molecule has 1 atom stereocenters. The molecule has 2 aromatic carbocycles. The number of unbranched alkanes of at least 4 members (excludes halogenated alkanes) is 1. The number of benzene rings is 2. The zero-order chi connectivity index (χ0) is 18.0. The molecule has 25 heavy (non-hydrogen) atoms. The molecule has 0 aromatic heterocycles. The summed E-state index contributed by atoms with van der Waals surface area (Å²) in [7, 11) is 0. The fourth-order valence-corrected chi connectivity index (χ4v) is 3.31. The van der Waals surface area contributed by atoms with E-state index in [1.165, 1.54) is 0 Å². The summed E-state index contributed by atoms with van der Waals surface area (Å²) >= 11 is 5.85. The largest absolute Gasteiger partial charge is 0.375 e. The van der Waals surface area contributed by atoms with E-state index in [0.29, 0.717) is 28.4 Å². The highest BCUT2D eigenvalue weighted by atomic mass is 35.5. The molecule has 5 heteroatoms. The van der Waals surface area contributed by atoms with Gasteiger partial charge < -0.3 is 10.0 Å². The van der Waals surface area contributed by atoms with E-state index >= 15 is 0 Å². The number of Topliss-reactive ketones (excluding diaryl/α,β-unsaturated/α-hetero) is 1. The van der Waals surface area contributed by atoms with Crippen LogP contribution in [0.5, 0.6) is 0 Å². The van der Waals surface area contributed by atoms with Crippen molar-refractivity contribution in [2.45, 2.75) is 31.8 Å². The first-order chi connectivity index (χ1) is 12.0. The standard InChI is InChI=1S/C20H20ClNO3/c1-2-3-12-22-17-7-5-4-6-16(17)20(25,19(22)24)13-18(23)14-8-10-15(21)11-9-14/h4-11,25H,2-3,12-13H2,1H3/t20-/m0/s1. The van der Waals surface area contributed by atoms with Gasteiger partial charge in [-0.3, -0.25) is 9.59 Å². The minimum atomic E-state index is -1.82. The van der Waals surface area contributed by atoms with Crippen LogP contribution < -0.4 is 4.90 Å². The number of aliphatic hydroxyl groups is 1. The average molecular weight is 358 g/mol. The van der Waals surface area contributed by atoms with Gasteiger partial charge in [-0.1, -0.05) is 43.1 Å². The molecule has 0 fully saturated rings. The molecular weight excluding hydrogens is 338 g/mol. The minimum Gasteiger partial charge on any atom is -0.375 e. The van der Waals surface area contributed by atoms with Crippen molar-refractivity contribution >= 4 is 29.0 Å². The summed E-state index contributed by atoms with van der Waals surface area (Å²) in [5.74, 6) is -0.718. The van der Waals surface area contributed by atoms with Crippen LogP contribution in [0.4, 0.5) is 5.69 Å². The number of para-hydroxylation sites is 1. The molecule has 3 rings (SSSR count). The third-order valence-electron chi connectivity index (χ3n) is 4.56. The maximum absolute atomic E-state index is 12.9. The van der Waals surface area contributed by atoms with Gasteiger partial charge in [-0.25, -0.2) is 0 Å². The lowest BCUT2D eigenvalue weighted by atomic mass is 9.88. The SMILES string of the molecule is CCCCN1C(=O)[C@](O)(CC(=O)c2ccc(Cl)cc2)c2ccccc21. The lowest BCUT2D eigenvalue weighted by Gasteiger charge is -2.22. The van der Waals surface area contributed by atoms with E-state index in [9.17, 15) is 14.7 Å². The van der Waals surface area contributed by atoms with Gasteiger partial charge in [-0.2, -0.15) is 0 Å². The summed E-state index contributed by atoms with van der Waals surface area (Å²) in [5.41, 5.74) is -0.206. The van der Waals surface area contributed by atoms with Gasteiger partial charge in [0.15, 0.2) is 11.4 Å². The first-order valence-electron chi connectivity index (χ1n) is 8.40. The van der Waals surface area contributed by atoms with Gasteiger partial charge >= 0.3 is 0 Å². The third-order valence-corrected chi connectivity index (χ3v) is 4.81. The van der Waals surface area contributed by atoms with Gasteiger partial charge in [-0.05, 0) is 36.8 Å². The molecule has 0 radical (unpaired) electrons. The zero-order valence-electron chi connectivity index (χ0n) is 14.0. The van der Waals surface area contributed by atoms with Crippen LogP contribution in [-0.4, -0.2) is 23.3 Å². The maximum atomic E-state index is 12.9. The van der Waals surface area contributed by atoms with E-state index in [1.807, 2.05) is 19.1 Å². The van der Waals surface area contributed by atoms with E-state index < -0.39 is 11.5 Å². The molecule has 130 valence electrons. The second-order valence-electron chi connectivity index (χ2n) is 6.29. The van der Waals surface area contributed by atoms with E-state index in [4.69, 9.17) is 11.6 Å². The van der Waals surface area contributed by atoms with Crippen LogP contribution in [0.15, 0.2) is 48.5 Å². The fraction of sp³-hybridized carbons (Fsp3) is 0.300. The normalized spacial score (nSPS) is 19.2. The Balaban J connectivity index is 1.92. The zero-order valence-corrected chi connectivity index (χ0v) is 14.8. The summed E-state index contributed by atoms with van der Waals surface area (Å²) in [6.45, 7) is 2.58. The molecule has 1 aliphatic heterocycles. The maximum Gasteiger partial charge on any atom is 0.264 e. The van der Waals surface area contributed by atoms with E-state index in [2.05, 4.69) is 0 Å². The number of carbonyl (C=O) groups excluding carboxylic acids is 2. The third kappa shape index (κ3) is 3.20. The predicted octanol–water partition coefficient (Wildman–Crippen LogP) is 3.95. The molecule has 1 N–H and O–H groups in total. The van der Waals surface area contributed by atoms with E-state index in [0.717, 1.165) is 12.8 Å². The number of ketones is 1. The molecule has 1 amide bonds. The van der Waals surface area contributed by atoms with Crippen LogP contribution in [-0.2, 0) is 10.4 Å². The highest BCUT2D eigenvalue weighted by Crippen LogP contribution is 2.42. The van der Waals surface area contributed by atoms with Crippen LogP contribution in [0.3, 0.4) is 0 Å². The van der Waals surface area contributed by atoms with E-state index in [1.54, 1.807) is 41.3 Å². The molecule has 0 saturated carbocycles. The van der Waals surface area contributed by atoms with Crippen molar-refractivity contribution in [3.63, 3.8) is 0 Å². The number of halogens is 1. The fourth-order valence-electron chi connectivity index (χ4n) is 3.19. The van der Waals surface area contributed by atoms with Crippen molar-refractivity contribution in [2.24, 2.45) is 0 Å². The quantitative estimate of drug-likeness (QED) is 0.796. The van der Waals surface area contributed by atoms with Gasteiger partial charge in [0, 0.05) is 22.7 Å². The van der Waals surface area contributed by atoms with Gasteiger partial charge in [0.1, 0.15) is 0 Å². The van der Waals surface area contributed by atoms with Gasteiger partial charge in [0.2, 0.25) is 0 Å². The molecule has 0 unspecified atom stereocenters. The Labute approximate surface area is 152 Å². The lowest BCUT2D eigenvalue weighted by Crippen LogP contribution is -2.42. The van der Waals surface area contributed by atoms with Crippen LogP contribution in [0.2, 0.25) is 5.02 Å². The number of fused-ring (bicyclic) bond motifs is 1. The molecule has 0 saturated heterocycles. The molecule has 0 bridgehead atoms. The second-order valence-corrected chi connectivity index (χ2v) is 6.73. The average Bonchev–Trinajstić information content (AvgIpc) is 2.82. The first-order valence-corrected chi connectivity index (χ1v) is 8.78. The van der Waals surface area contributed by atoms with Crippen molar-refractivity contribution in [1.82, 2.24) is 0 Å². The van der Waals surface area contributed by atoms with Crippen molar-refractivity contribution in [1.29, 1.82) is 0 Å². The Morgan fingerprint density at radius 2 is 1.84 bits per heavy atom. The monoisotopic (exact) mass is 357 g/mol. The summed E-state index contributed by atoms with van der Waals surface area (Å²) in [6, 6.07) is 13.6. The summed E-state index contributed by atoms with van der Waals surface area (Å²) in [5, 5.41) is 11.7. The van der Waals surface area contributed by atoms with E-state index in [-0.39, 0.29) is 12.2 Å². The van der Waals surface area contributed by atoms with Crippen LogP contribution in [0.25, 0.3) is 0 Å². The van der Waals surface area contributed by atoms with Crippen LogP contribution in [0, 0.1) is 0 Å². The van der Waals surface area contributed by atoms with Crippen molar-refractivity contribution in [3.05, 3.63) is 64.7 Å². The number of carbonyl (C=O) groups is 2. The van der Waals surface area contributed by atoms with Crippen LogP contribution in [0.1, 0.15) is 42.1 Å². The highest BCUT2D eigenvalue weighted by molar-refractivity contribution is 6.30. The van der Waals surface area contributed by atoms with Crippen molar-refractivity contribution in [2.75, 3.05) is 11.4 Å². The number of amides is 1. The first kappa shape index (κ1) is 17.6. The molecule has 0 spiro atoms. The van der Waals surface area contributed by atoms with Gasteiger partial charge in [0.25, 0.3) is 5.91 Å². The van der Waals surface area contributed by atoms with Crippen LogP contribution >= 0.6 is 11.6 Å². The molecule has 1 aliphatic rings. The van der Waals surface area contributed by atoms with Gasteiger partial charge in [-0.15, -0.1) is 0 Å². The number of anilines is 1. The lowest BCUT2D eigenvalue weighted by molar-refractivity contribution is -0.135. The molecule has 2 aromatic rings. The second kappa shape index (κ2) is 6.98. The number of hydrogen-bond donors (Lipinski definition) is 1. The van der Waals surface area contributed by atoms with Crippen molar-refractivity contribution < 1.29 is 14.7 Å². The summed E-state index contributed by atoms with van der Waals surface area (Å²) in [6.07, 6.45) is 1.49. The Morgan fingerprint density at radius 1 is 1.16 bits per heavy atom. The number of rotatable bonds is 6. The Bertz CT molecular complexity index is 803. The van der Waals surface area contributed by atoms with Crippen molar-refractivity contribution in [3.8, 4) is 0 Å². The molecule has 1 heterocycles. The summed E-state index contributed by atoms with van der Waals surface area (Å²) < 4.78 is 0. The Hall–Kier alpha value is -2.17. The van der Waals surface area contributed by atoms with Gasteiger partial charge in [0.05, 0.1) is 12.1 Å².